The maximum atomic E-state index is 13.1. The number of carbonyl (C=O) groups excluding carboxylic acids is 5. The molecule has 9 heteroatoms. The number of imide groups is 2. The Morgan fingerprint density at radius 3 is 2.50 bits per heavy atom. The molecule has 1 atom stereocenters. The van der Waals surface area contributed by atoms with Gasteiger partial charge in [0.25, 0.3) is 11.8 Å². The van der Waals surface area contributed by atoms with E-state index in [0.29, 0.717) is 25.2 Å². The summed E-state index contributed by atoms with van der Waals surface area (Å²) in [5.74, 6) is -1.91. The smallest absolute Gasteiger partial charge is 0.264 e. The summed E-state index contributed by atoms with van der Waals surface area (Å²) in [5, 5.41) is 8.49. The minimum Gasteiger partial charge on any atom is -0.384 e. The topological polar surface area (TPSA) is 125 Å². The lowest BCUT2D eigenvalue weighted by Crippen LogP contribution is -2.54. The Morgan fingerprint density at radius 2 is 1.78 bits per heavy atom. The summed E-state index contributed by atoms with van der Waals surface area (Å²) in [6, 6.07) is 4.10. The van der Waals surface area contributed by atoms with Crippen molar-refractivity contribution in [2.45, 2.75) is 84.6 Å². The average molecular weight is 499 g/mol. The molecule has 1 saturated heterocycles. The van der Waals surface area contributed by atoms with Gasteiger partial charge in [-0.2, -0.15) is 0 Å². The van der Waals surface area contributed by atoms with E-state index in [1.165, 1.54) is 0 Å². The first-order chi connectivity index (χ1) is 17.1. The largest absolute Gasteiger partial charge is 0.384 e. The van der Waals surface area contributed by atoms with Crippen LogP contribution in [0.2, 0.25) is 0 Å². The highest BCUT2D eigenvalue weighted by molar-refractivity contribution is 6.25. The Balaban J connectivity index is 1.40. The van der Waals surface area contributed by atoms with Gasteiger partial charge in [-0.05, 0) is 43.2 Å². The molecule has 2 aliphatic heterocycles. The second-order valence-corrected chi connectivity index (χ2v) is 10.4. The SMILES string of the molecule is CCC(C)(C)CNC(=O)CCCCCCCNc1cccc2c1C(=O)N(C1CCC(=O)NC1=O)C2=O. The van der Waals surface area contributed by atoms with Crippen molar-refractivity contribution in [2.75, 3.05) is 18.4 Å². The predicted molar refractivity (Wildman–Crippen MR) is 136 cm³/mol. The first-order valence-electron chi connectivity index (χ1n) is 13.0. The van der Waals surface area contributed by atoms with Gasteiger partial charge in [0.05, 0.1) is 11.1 Å². The molecule has 0 spiro atoms. The third kappa shape index (κ3) is 6.71. The van der Waals surface area contributed by atoms with Crippen molar-refractivity contribution in [3.63, 3.8) is 0 Å². The highest BCUT2D eigenvalue weighted by Gasteiger charge is 2.45. The van der Waals surface area contributed by atoms with Crippen molar-refractivity contribution in [2.24, 2.45) is 5.41 Å². The zero-order chi connectivity index (χ0) is 26.3. The van der Waals surface area contributed by atoms with E-state index in [-0.39, 0.29) is 35.3 Å². The summed E-state index contributed by atoms with van der Waals surface area (Å²) in [7, 11) is 0. The van der Waals surface area contributed by atoms with Gasteiger partial charge in [0, 0.05) is 31.6 Å². The van der Waals surface area contributed by atoms with E-state index >= 15 is 0 Å². The van der Waals surface area contributed by atoms with Crippen molar-refractivity contribution >= 4 is 35.2 Å². The molecule has 0 aromatic heterocycles. The molecular formula is C27H38N4O5. The summed E-state index contributed by atoms with van der Waals surface area (Å²) in [6.45, 7) is 7.76. The van der Waals surface area contributed by atoms with Crippen LogP contribution in [0.4, 0.5) is 5.69 Å². The molecule has 2 heterocycles. The number of benzene rings is 1. The number of nitrogens with zero attached hydrogens (tertiary/aromatic N) is 1. The lowest BCUT2D eigenvalue weighted by atomic mass is 9.90. The van der Waals surface area contributed by atoms with Crippen LogP contribution in [0, 0.1) is 5.41 Å². The number of anilines is 1. The van der Waals surface area contributed by atoms with Gasteiger partial charge in [-0.25, -0.2) is 0 Å². The van der Waals surface area contributed by atoms with Crippen LogP contribution in [0.3, 0.4) is 0 Å². The molecule has 1 aromatic rings. The molecule has 0 aliphatic carbocycles. The Labute approximate surface area is 212 Å². The molecule has 1 aromatic carbocycles. The van der Waals surface area contributed by atoms with Crippen molar-refractivity contribution in [3.05, 3.63) is 29.3 Å². The number of amides is 5. The van der Waals surface area contributed by atoms with Crippen LogP contribution < -0.4 is 16.0 Å². The van der Waals surface area contributed by atoms with E-state index in [0.717, 1.165) is 43.4 Å². The summed E-state index contributed by atoms with van der Waals surface area (Å²) in [4.78, 5) is 62.7. The molecular weight excluding hydrogens is 460 g/mol. The number of nitrogens with one attached hydrogen (secondary N) is 3. The van der Waals surface area contributed by atoms with Crippen LogP contribution in [0.25, 0.3) is 0 Å². The molecule has 9 nitrogen and oxygen atoms in total. The number of carbonyl (C=O) groups is 5. The first kappa shape index (κ1) is 27.4. The highest BCUT2D eigenvalue weighted by Crippen LogP contribution is 2.32. The fourth-order valence-corrected chi connectivity index (χ4v) is 4.38. The van der Waals surface area contributed by atoms with Crippen molar-refractivity contribution in [1.29, 1.82) is 0 Å². The van der Waals surface area contributed by atoms with E-state index in [1.54, 1.807) is 18.2 Å². The molecule has 2 aliphatic rings. The standard InChI is InChI=1S/C27H38N4O5/c1-4-27(2,3)17-29-21(32)13-8-6-5-7-9-16-28-19-12-10-11-18-23(19)26(36)31(25(18)35)20-14-15-22(33)30-24(20)34/h10-12,20,28H,4-9,13-17H2,1-3H3,(H,29,32)(H,30,33,34). The van der Waals surface area contributed by atoms with E-state index in [9.17, 15) is 24.0 Å². The third-order valence-corrected chi connectivity index (χ3v) is 7.09. The Morgan fingerprint density at radius 1 is 1.06 bits per heavy atom. The third-order valence-electron chi connectivity index (χ3n) is 7.09. The van der Waals surface area contributed by atoms with Gasteiger partial charge in [0.1, 0.15) is 6.04 Å². The van der Waals surface area contributed by atoms with Crippen molar-refractivity contribution in [3.8, 4) is 0 Å². The minimum atomic E-state index is -0.969. The van der Waals surface area contributed by atoms with E-state index in [2.05, 4.69) is 36.7 Å². The summed E-state index contributed by atoms with van der Waals surface area (Å²) < 4.78 is 0. The summed E-state index contributed by atoms with van der Waals surface area (Å²) >= 11 is 0. The Hall–Kier alpha value is -3.23. The number of piperidine rings is 1. The van der Waals surface area contributed by atoms with Crippen molar-refractivity contribution < 1.29 is 24.0 Å². The number of rotatable bonds is 13. The van der Waals surface area contributed by atoms with Crippen LogP contribution >= 0.6 is 0 Å². The molecule has 3 N–H and O–H groups in total. The second kappa shape index (κ2) is 12.1. The Bertz CT molecular complexity index is 1020. The number of unbranched alkanes of at least 4 members (excludes halogenated alkanes) is 4. The highest BCUT2D eigenvalue weighted by atomic mass is 16.2. The summed E-state index contributed by atoms with van der Waals surface area (Å²) in [6.07, 6.45) is 6.55. The van der Waals surface area contributed by atoms with Crippen LogP contribution in [-0.2, 0) is 14.4 Å². The number of hydrogen-bond acceptors (Lipinski definition) is 6. The first-order valence-corrected chi connectivity index (χ1v) is 13.0. The summed E-state index contributed by atoms with van der Waals surface area (Å²) in [5.41, 5.74) is 1.26. The molecule has 36 heavy (non-hydrogen) atoms. The van der Waals surface area contributed by atoms with E-state index < -0.39 is 29.7 Å². The second-order valence-electron chi connectivity index (χ2n) is 10.4. The molecule has 0 saturated carbocycles. The number of fused-ring (bicyclic) bond motifs is 1. The maximum absolute atomic E-state index is 13.1. The van der Waals surface area contributed by atoms with Crippen LogP contribution in [-0.4, -0.2) is 53.6 Å². The zero-order valence-electron chi connectivity index (χ0n) is 21.6. The fraction of sp³-hybridized carbons (Fsp3) is 0.593. The minimum absolute atomic E-state index is 0.0939. The lowest BCUT2D eigenvalue weighted by molar-refractivity contribution is -0.136. The van der Waals surface area contributed by atoms with Gasteiger partial charge >= 0.3 is 0 Å². The number of hydrogen-bond donors (Lipinski definition) is 3. The van der Waals surface area contributed by atoms with Crippen molar-refractivity contribution in [1.82, 2.24) is 15.5 Å². The average Bonchev–Trinajstić information content (AvgIpc) is 3.10. The lowest BCUT2D eigenvalue weighted by Gasteiger charge is -2.27. The van der Waals surface area contributed by atoms with Gasteiger partial charge in [0.2, 0.25) is 17.7 Å². The normalized spacial score (nSPS) is 17.8. The zero-order valence-corrected chi connectivity index (χ0v) is 21.6. The van der Waals surface area contributed by atoms with Gasteiger partial charge in [-0.3, -0.25) is 34.2 Å². The van der Waals surface area contributed by atoms with Crippen LogP contribution in [0.15, 0.2) is 18.2 Å². The molecule has 1 fully saturated rings. The molecule has 5 amide bonds. The van der Waals surface area contributed by atoms with Crippen LogP contribution in [0.5, 0.6) is 0 Å². The van der Waals surface area contributed by atoms with Gasteiger partial charge in [-0.1, -0.05) is 46.1 Å². The fourth-order valence-electron chi connectivity index (χ4n) is 4.38. The Kier molecular flexibility index (Phi) is 9.23. The maximum Gasteiger partial charge on any atom is 0.264 e. The molecule has 0 bridgehead atoms. The molecule has 1 unspecified atom stereocenters. The van der Waals surface area contributed by atoms with Gasteiger partial charge < -0.3 is 10.6 Å². The van der Waals surface area contributed by atoms with E-state index in [1.807, 2.05) is 0 Å². The van der Waals surface area contributed by atoms with Gasteiger partial charge in [0.15, 0.2) is 0 Å². The molecule has 196 valence electrons. The van der Waals surface area contributed by atoms with Crippen LogP contribution in [0.1, 0.15) is 99.3 Å². The quantitative estimate of drug-likeness (QED) is 0.283. The molecule has 0 radical (unpaired) electrons. The predicted octanol–water partition coefficient (Wildman–Crippen LogP) is 3.39. The van der Waals surface area contributed by atoms with Gasteiger partial charge in [-0.15, -0.1) is 0 Å². The molecule has 3 rings (SSSR count). The monoisotopic (exact) mass is 498 g/mol. The van der Waals surface area contributed by atoms with E-state index in [4.69, 9.17) is 0 Å².